The molecule has 0 aliphatic heterocycles. The first-order chi connectivity index (χ1) is 15.9. The highest BCUT2D eigenvalue weighted by Gasteiger charge is 2.27. The minimum Gasteiger partial charge on any atom is -0.484 e. The Labute approximate surface area is 193 Å². The number of hydrogen-bond acceptors (Lipinski definition) is 4. The second-order valence-corrected chi connectivity index (χ2v) is 8.48. The van der Waals surface area contributed by atoms with Gasteiger partial charge in [0.2, 0.25) is 5.91 Å². The van der Waals surface area contributed by atoms with Gasteiger partial charge in [-0.15, -0.1) is 0 Å². The van der Waals surface area contributed by atoms with Gasteiger partial charge in [0.1, 0.15) is 11.6 Å². The van der Waals surface area contributed by atoms with E-state index in [2.05, 4.69) is 20.6 Å². The van der Waals surface area contributed by atoms with Gasteiger partial charge in [0.05, 0.1) is 17.6 Å². The molecule has 0 spiro atoms. The van der Waals surface area contributed by atoms with E-state index in [9.17, 15) is 18.4 Å². The predicted molar refractivity (Wildman–Crippen MR) is 119 cm³/mol. The molecule has 0 unspecified atom stereocenters. The number of fused-ring (bicyclic) bond motifs is 1. The summed E-state index contributed by atoms with van der Waals surface area (Å²) in [4.78, 5) is 32.2. The molecule has 1 aliphatic rings. The summed E-state index contributed by atoms with van der Waals surface area (Å²) >= 11 is 5.97. The number of nitrogens with one attached hydrogen (secondary N) is 3. The molecule has 174 valence electrons. The van der Waals surface area contributed by atoms with Crippen LogP contribution in [0.2, 0.25) is 5.02 Å². The largest absolute Gasteiger partial charge is 0.484 e. The highest BCUT2D eigenvalue weighted by Crippen LogP contribution is 2.25. The zero-order valence-electron chi connectivity index (χ0n) is 17.7. The molecule has 10 heteroatoms. The summed E-state index contributed by atoms with van der Waals surface area (Å²) < 4.78 is 31.3. The molecule has 1 fully saturated rings. The third kappa shape index (κ3) is 5.98. The molecule has 4 rings (SSSR count). The lowest BCUT2D eigenvalue weighted by Gasteiger charge is -2.28. The summed E-state index contributed by atoms with van der Waals surface area (Å²) in [7, 11) is 0. The summed E-state index contributed by atoms with van der Waals surface area (Å²) in [5.74, 6) is -1.79. The van der Waals surface area contributed by atoms with E-state index in [0.717, 1.165) is 23.2 Å². The summed E-state index contributed by atoms with van der Waals surface area (Å²) in [5, 5.41) is 6.38. The van der Waals surface area contributed by atoms with Gasteiger partial charge in [0, 0.05) is 23.0 Å². The van der Waals surface area contributed by atoms with Crippen molar-refractivity contribution in [1.29, 1.82) is 0 Å². The third-order valence-electron chi connectivity index (χ3n) is 5.65. The van der Waals surface area contributed by atoms with Crippen molar-refractivity contribution < 1.29 is 23.1 Å². The van der Waals surface area contributed by atoms with Gasteiger partial charge < -0.3 is 20.4 Å². The molecule has 2 aromatic carbocycles. The Kier molecular flexibility index (Phi) is 7.08. The molecule has 0 bridgehead atoms. The van der Waals surface area contributed by atoms with Crippen molar-refractivity contribution >= 4 is 34.4 Å². The molecule has 1 saturated carbocycles. The van der Waals surface area contributed by atoms with Gasteiger partial charge in [-0.3, -0.25) is 9.59 Å². The highest BCUT2D eigenvalue weighted by atomic mass is 35.5. The molecule has 33 heavy (non-hydrogen) atoms. The monoisotopic (exact) mass is 476 g/mol. The molecule has 7 nitrogen and oxygen atoms in total. The second kappa shape index (κ2) is 10.2. The second-order valence-electron chi connectivity index (χ2n) is 8.04. The Morgan fingerprint density at radius 3 is 2.64 bits per heavy atom. The first kappa shape index (κ1) is 23.0. The number of rotatable bonds is 7. The molecular formula is C23H23ClF2N4O3. The van der Waals surface area contributed by atoms with Crippen LogP contribution in [0.5, 0.6) is 5.75 Å². The van der Waals surface area contributed by atoms with Gasteiger partial charge in [-0.05, 0) is 56.0 Å². The number of ether oxygens (including phenoxy) is 1. The van der Waals surface area contributed by atoms with Crippen molar-refractivity contribution in [3.63, 3.8) is 0 Å². The van der Waals surface area contributed by atoms with Gasteiger partial charge in [0.25, 0.3) is 5.91 Å². The van der Waals surface area contributed by atoms with E-state index in [0.29, 0.717) is 43.1 Å². The third-order valence-corrected chi connectivity index (χ3v) is 5.88. The van der Waals surface area contributed by atoms with Crippen molar-refractivity contribution in [2.75, 3.05) is 6.61 Å². The van der Waals surface area contributed by atoms with E-state index in [1.165, 1.54) is 6.07 Å². The number of benzene rings is 2. The first-order valence-electron chi connectivity index (χ1n) is 10.7. The lowest BCUT2D eigenvalue weighted by Crippen LogP contribution is -2.42. The summed E-state index contributed by atoms with van der Waals surface area (Å²) in [6.07, 6.45) is 2.63. The lowest BCUT2D eigenvalue weighted by atomic mass is 9.85. The Morgan fingerprint density at radius 1 is 1.09 bits per heavy atom. The van der Waals surface area contributed by atoms with Gasteiger partial charge in [0.15, 0.2) is 18.2 Å². The molecule has 1 heterocycles. The Morgan fingerprint density at radius 2 is 1.88 bits per heavy atom. The van der Waals surface area contributed by atoms with Gasteiger partial charge in [-0.1, -0.05) is 11.6 Å². The maximum atomic E-state index is 13.2. The Bertz CT molecular complexity index is 1160. The number of amides is 2. The van der Waals surface area contributed by atoms with Crippen molar-refractivity contribution in [2.45, 2.75) is 38.3 Å². The SMILES string of the molecule is O=C(COc1ccc(F)c(F)c1)N[C@H]1CC[C@H](C(=O)NCc2nc3cc(Cl)ccc3[nH]2)CC1. The average Bonchev–Trinajstić information content (AvgIpc) is 3.21. The molecule has 0 atom stereocenters. The van der Waals surface area contributed by atoms with E-state index < -0.39 is 11.6 Å². The number of hydrogen-bond donors (Lipinski definition) is 3. The maximum absolute atomic E-state index is 13.2. The number of carbonyl (C=O) groups is 2. The van der Waals surface area contributed by atoms with Crippen LogP contribution < -0.4 is 15.4 Å². The topological polar surface area (TPSA) is 96.1 Å². The number of nitrogens with zero attached hydrogens (tertiary/aromatic N) is 1. The minimum absolute atomic E-state index is 0.0417. The van der Waals surface area contributed by atoms with Crippen LogP contribution in [0.4, 0.5) is 8.78 Å². The van der Waals surface area contributed by atoms with E-state index in [1.54, 1.807) is 12.1 Å². The quantitative estimate of drug-likeness (QED) is 0.482. The Balaban J connectivity index is 1.18. The summed E-state index contributed by atoms with van der Waals surface area (Å²) in [6, 6.07) is 8.42. The summed E-state index contributed by atoms with van der Waals surface area (Å²) in [6.45, 7) is -0.00266. The fourth-order valence-electron chi connectivity index (χ4n) is 3.92. The van der Waals surface area contributed by atoms with Crippen molar-refractivity contribution in [3.05, 3.63) is 58.9 Å². The van der Waals surface area contributed by atoms with Crippen LogP contribution in [-0.2, 0) is 16.1 Å². The lowest BCUT2D eigenvalue weighted by molar-refractivity contribution is -0.126. The van der Waals surface area contributed by atoms with Crippen molar-refractivity contribution in [3.8, 4) is 5.75 Å². The van der Waals surface area contributed by atoms with Gasteiger partial charge in [-0.25, -0.2) is 13.8 Å². The standard InChI is InChI=1S/C23H23ClF2N4O3/c24-14-3-8-19-20(9-14)30-21(29-19)11-27-23(32)13-1-4-15(5-2-13)28-22(31)12-33-16-6-7-17(25)18(26)10-16/h3,6-10,13,15H,1-2,4-5,11-12H2,(H,27,32)(H,28,31)(H,29,30)/t13-,15-. The predicted octanol–water partition coefficient (Wildman–Crippen LogP) is 3.86. The van der Waals surface area contributed by atoms with Crippen LogP contribution in [-0.4, -0.2) is 34.4 Å². The summed E-state index contributed by atoms with van der Waals surface area (Å²) in [5.41, 5.74) is 1.60. The number of aromatic nitrogens is 2. The molecule has 2 amide bonds. The fourth-order valence-corrected chi connectivity index (χ4v) is 4.08. The van der Waals surface area contributed by atoms with Gasteiger partial charge >= 0.3 is 0 Å². The zero-order valence-corrected chi connectivity index (χ0v) is 18.4. The molecular weight excluding hydrogens is 454 g/mol. The van der Waals surface area contributed by atoms with Crippen molar-refractivity contribution in [1.82, 2.24) is 20.6 Å². The molecule has 0 saturated heterocycles. The van der Waals surface area contributed by atoms with Crippen LogP contribution in [0.3, 0.4) is 0 Å². The number of aromatic amines is 1. The highest BCUT2D eigenvalue weighted by molar-refractivity contribution is 6.31. The number of H-pyrrole nitrogens is 1. The molecule has 3 N–H and O–H groups in total. The fraction of sp³-hybridized carbons (Fsp3) is 0.348. The van der Waals surface area contributed by atoms with Crippen LogP contribution in [0.15, 0.2) is 36.4 Å². The number of halogens is 3. The van der Waals surface area contributed by atoms with E-state index in [1.807, 2.05) is 6.07 Å². The van der Waals surface area contributed by atoms with E-state index in [-0.39, 0.29) is 36.1 Å². The number of imidazole rings is 1. The van der Waals surface area contributed by atoms with Crippen LogP contribution in [0, 0.1) is 17.6 Å². The zero-order chi connectivity index (χ0) is 23.4. The maximum Gasteiger partial charge on any atom is 0.258 e. The molecule has 3 aromatic rings. The van der Waals surface area contributed by atoms with Gasteiger partial charge in [-0.2, -0.15) is 0 Å². The first-order valence-corrected chi connectivity index (χ1v) is 11.0. The molecule has 0 radical (unpaired) electrons. The average molecular weight is 477 g/mol. The number of carbonyl (C=O) groups excluding carboxylic acids is 2. The Hall–Kier alpha value is -3.20. The van der Waals surface area contributed by atoms with Crippen LogP contribution >= 0.6 is 11.6 Å². The van der Waals surface area contributed by atoms with E-state index >= 15 is 0 Å². The van der Waals surface area contributed by atoms with Crippen LogP contribution in [0.25, 0.3) is 11.0 Å². The molecule has 1 aromatic heterocycles. The van der Waals surface area contributed by atoms with Crippen molar-refractivity contribution in [2.24, 2.45) is 5.92 Å². The molecule has 1 aliphatic carbocycles. The minimum atomic E-state index is -1.03. The van der Waals surface area contributed by atoms with Crippen LogP contribution in [0.1, 0.15) is 31.5 Å². The normalized spacial score (nSPS) is 18.2. The smallest absolute Gasteiger partial charge is 0.258 e. The van der Waals surface area contributed by atoms with E-state index in [4.69, 9.17) is 16.3 Å².